The van der Waals surface area contributed by atoms with Gasteiger partial charge in [0.15, 0.2) is 0 Å². The molecule has 0 aliphatic carbocycles. The molecule has 1 aromatic carbocycles. The molecule has 84 valence electrons. The smallest absolute Gasteiger partial charge is 0.299 e. The van der Waals surface area contributed by atoms with Crippen molar-refractivity contribution < 1.29 is 9.59 Å². The summed E-state index contributed by atoms with van der Waals surface area (Å²) >= 11 is 1.47. The number of hydrogen-bond donors (Lipinski definition) is 0. The SMILES string of the molecule is O=C1C(=O)N(Cc2cscn2)c2ccccc21. The summed E-state index contributed by atoms with van der Waals surface area (Å²) in [7, 11) is 0. The Morgan fingerprint density at radius 1 is 1.24 bits per heavy atom. The summed E-state index contributed by atoms with van der Waals surface area (Å²) in [4.78, 5) is 29.2. The molecule has 0 saturated carbocycles. The number of aromatic nitrogens is 1. The largest absolute Gasteiger partial charge is 0.299 e. The predicted octanol–water partition coefficient (Wildman–Crippen LogP) is 1.87. The minimum Gasteiger partial charge on any atom is -0.299 e. The number of Topliss-reactive ketones (excluding diaryl/α,β-unsaturated/α-hetero) is 1. The van der Waals surface area contributed by atoms with Gasteiger partial charge in [0.25, 0.3) is 11.7 Å². The number of para-hydroxylation sites is 1. The highest BCUT2D eigenvalue weighted by atomic mass is 32.1. The number of hydrogen-bond acceptors (Lipinski definition) is 4. The summed E-state index contributed by atoms with van der Waals surface area (Å²) in [5.74, 6) is -0.907. The Morgan fingerprint density at radius 3 is 2.82 bits per heavy atom. The van der Waals surface area contributed by atoms with Crippen molar-refractivity contribution in [1.29, 1.82) is 0 Å². The van der Waals surface area contributed by atoms with Crippen LogP contribution in [0.5, 0.6) is 0 Å². The van der Waals surface area contributed by atoms with E-state index in [1.165, 1.54) is 16.2 Å². The van der Waals surface area contributed by atoms with E-state index in [2.05, 4.69) is 4.98 Å². The molecular formula is C12H8N2O2S. The summed E-state index contributed by atoms with van der Waals surface area (Å²) in [6.07, 6.45) is 0. The van der Waals surface area contributed by atoms with Crippen LogP contribution in [0.25, 0.3) is 0 Å². The van der Waals surface area contributed by atoms with Crippen LogP contribution in [0.3, 0.4) is 0 Å². The molecule has 1 aromatic heterocycles. The third-order valence-corrected chi connectivity index (χ3v) is 3.32. The van der Waals surface area contributed by atoms with E-state index in [4.69, 9.17) is 0 Å². The van der Waals surface area contributed by atoms with E-state index in [0.717, 1.165) is 5.69 Å². The Morgan fingerprint density at radius 2 is 2.06 bits per heavy atom. The van der Waals surface area contributed by atoms with E-state index in [-0.39, 0.29) is 0 Å². The third kappa shape index (κ3) is 1.55. The van der Waals surface area contributed by atoms with E-state index in [0.29, 0.717) is 17.8 Å². The van der Waals surface area contributed by atoms with E-state index in [1.807, 2.05) is 11.4 Å². The minimum atomic E-state index is -0.473. The van der Waals surface area contributed by atoms with E-state index in [9.17, 15) is 9.59 Å². The Balaban J connectivity index is 2.01. The first-order valence-corrected chi connectivity index (χ1v) is 6.04. The van der Waals surface area contributed by atoms with Crippen molar-refractivity contribution in [3.63, 3.8) is 0 Å². The molecular weight excluding hydrogens is 236 g/mol. The first-order valence-electron chi connectivity index (χ1n) is 5.09. The monoisotopic (exact) mass is 244 g/mol. The molecule has 0 fully saturated rings. The zero-order valence-corrected chi connectivity index (χ0v) is 9.61. The highest BCUT2D eigenvalue weighted by Crippen LogP contribution is 2.29. The molecule has 0 saturated heterocycles. The highest BCUT2D eigenvalue weighted by molar-refractivity contribution is 7.07. The van der Waals surface area contributed by atoms with E-state index in [1.54, 1.807) is 23.7 Å². The standard InChI is InChI=1S/C12H8N2O2S/c15-11-9-3-1-2-4-10(9)14(12(11)16)5-8-6-17-7-13-8/h1-4,6-7H,5H2. The van der Waals surface area contributed by atoms with Gasteiger partial charge in [0.05, 0.1) is 29.0 Å². The summed E-state index contributed by atoms with van der Waals surface area (Å²) in [5.41, 5.74) is 3.67. The van der Waals surface area contributed by atoms with Crippen molar-refractivity contribution >= 4 is 28.7 Å². The van der Waals surface area contributed by atoms with Gasteiger partial charge in [-0.25, -0.2) is 4.98 Å². The molecule has 2 aromatic rings. The van der Waals surface area contributed by atoms with Crippen molar-refractivity contribution in [2.45, 2.75) is 6.54 Å². The molecule has 3 rings (SSSR count). The quantitative estimate of drug-likeness (QED) is 0.758. The Hall–Kier alpha value is -2.01. The first-order chi connectivity index (χ1) is 8.27. The summed E-state index contributed by atoms with van der Waals surface area (Å²) in [6.45, 7) is 0.352. The fourth-order valence-electron chi connectivity index (χ4n) is 1.88. The maximum atomic E-state index is 11.8. The Bertz CT molecular complexity index is 592. The molecule has 0 atom stereocenters. The van der Waals surface area contributed by atoms with Crippen LogP contribution in [0.4, 0.5) is 5.69 Å². The van der Waals surface area contributed by atoms with E-state index < -0.39 is 11.7 Å². The van der Waals surface area contributed by atoms with Gasteiger partial charge in [-0.3, -0.25) is 14.5 Å². The summed E-state index contributed by atoms with van der Waals surface area (Å²) in [6, 6.07) is 7.04. The summed E-state index contributed by atoms with van der Waals surface area (Å²) < 4.78 is 0. The number of carbonyl (C=O) groups excluding carboxylic acids is 2. The number of ketones is 1. The predicted molar refractivity (Wildman–Crippen MR) is 64.1 cm³/mol. The molecule has 0 radical (unpaired) electrons. The maximum absolute atomic E-state index is 11.8. The van der Waals surface area contributed by atoms with Crippen LogP contribution in [-0.2, 0) is 11.3 Å². The minimum absolute atomic E-state index is 0.352. The van der Waals surface area contributed by atoms with Gasteiger partial charge in [-0.2, -0.15) is 0 Å². The van der Waals surface area contributed by atoms with Crippen LogP contribution in [0.1, 0.15) is 16.1 Å². The fraction of sp³-hybridized carbons (Fsp3) is 0.0833. The second-order valence-electron chi connectivity index (χ2n) is 3.72. The first kappa shape index (κ1) is 10.2. The zero-order valence-electron chi connectivity index (χ0n) is 8.79. The van der Waals surface area contributed by atoms with Gasteiger partial charge in [-0.1, -0.05) is 12.1 Å². The molecule has 5 heteroatoms. The molecule has 0 unspecified atom stereocenters. The van der Waals surface area contributed by atoms with Gasteiger partial charge in [0.1, 0.15) is 0 Å². The van der Waals surface area contributed by atoms with Crippen molar-refractivity contribution in [2.75, 3.05) is 4.90 Å². The van der Waals surface area contributed by atoms with E-state index >= 15 is 0 Å². The lowest BCUT2D eigenvalue weighted by molar-refractivity contribution is -0.114. The van der Waals surface area contributed by atoms with Crippen molar-refractivity contribution in [2.24, 2.45) is 0 Å². The van der Waals surface area contributed by atoms with Gasteiger partial charge in [-0.05, 0) is 12.1 Å². The fourth-order valence-corrected chi connectivity index (χ4v) is 2.43. The average molecular weight is 244 g/mol. The van der Waals surface area contributed by atoms with Crippen LogP contribution < -0.4 is 4.90 Å². The molecule has 1 amide bonds. The third-order valence-electron chi connectivity index (χ3n) is 2.68. The normalized spacial score (nSPS) is 14.2. The van der Waals surface area contributed by atoms with Crippen LogP contribution in [0, 0.1) is 0 Å². The second-order valence-corrected chi connectivity index (χ2v) is 4.44. The molecule has 4 nitrogen and oxygen atoms in total. The van der Waals surface area contributed by atoms with Crippen LogP contribution >= 0.6 is 11.3 Å². The number of thiazole rings is 1. The number of anilines is 1. The molecule has 17 heavy (non-hydrogen) atoms. The number of carbonyl (C=O) groups is 2. The number of rotatable bonds is 2. The summed E-state index contributed by atoms with van der Waals surface area (Å²) in [5, 5.41) is 1.87. The van der Waals surface area contributed by atoms with Crippen molar-refractivity contribution in [3.8, 4) is 0 Å². The molecule has 2 heterocycles. The number of benzene rings is 1. The van der Waals surface area contributed by atoms with Gasteiger partial charge >= 0.3 is 0 Å². The van der Waals surface area contributed by atoms with Crippen LogP contribution in [0.2, 0.25) is 0 Å². The molecule has 0 spiro atoms. The van der Waals surface area contributed by atoms with Gasteiger partial charge in [0.2, 0.25) is 0 Å². The molecule has 0 bridgehead atoms. The Labute approximate surface area is 102 Å². The second kappa shape index (κ2) is 3.78. The molecule has 1 aliphatic heterocycles. The number of nitrogens with zero attached hydrogens (tertiary/aromatic N) is 2. The molecule has 0 N–H and O–H groups in total. The zero-order chi connectivity index (χ0) is 11.8. The van der Waals surface area contributed by atoms with Crippen LogP contribution in [-0.4, -0.2) is 16.7 Å². The van der Waals surface area contributed by atoms with Gasteiger partial charge in [-0.15, -0.1) is 11.3 Å². The lowest BCUT2D eigenvalue weighted by Crippen LogP contribution is -2.29. The van der Waals surface area contributed by atoms with Gasteiger partial charge < -0.3 is 0 Å². The lowest BCUT2D eigenvalue weighted by Gasteiger charge is -2.14. The van der Waals surface area contributed by atoms with Crippen LogP contribution in [0.15, 0.2) is 35.2 Å². The maximum Gasteiger partial charge on any atom is 0.299 e. The number of amides is 1. The van der Waals surface area contributed by atoms with Crippen molar-refractivity contribution in [1.82, 2.24) is 4.98 Å². The highest BCUT2D eigenvalue weighted by Gasteiger charge is 2.35. The number of fused-ring (bicyclic) bond motifs is 1. The molecule has 1 aliphatic rings. The Kier molecular flexibility index (Phi) is 2.26. The van der Waals surface area contributed by atoms with Crippen molar-refractivity contribution in [3.05, 3.63) is 46.4 Å². The average Bonchev–Trinajstić information content (AvgIpc) is 2.94. The van der Waals surface area contributed by atoms with Gasteiger partial charge in [0, 0.05) is 5.38 Å². The lowest BCUT2D eigenvalue weighted by atomic mass is 10.1. The topological polar surface area (TPSA) is 50.3 Å².